The molecule has 0 aromatic rings. The molecule has 0 aromatic carbocycles. The van der Waals surface area contributed by atoms with Crippen LogP contribution in [0.25, 0.3) is 0 Å². The number of carbonyl (C=O) groups excluding carboxylic acids is 1. The van der Waals surface area contributed by atoms with Gasteiger partial charge in [0.25, 0.3) is 0 Å². The Morgan fingerprint density at radius 3 is 2.39 bits per heavy atom. The van der Waals surface area contributed by atoms with Crippen LogP contribution in [-0.4, -0.2) is 24.8 Å². The van der Waals surface area contributed by atoms with Gasteiger partial charge in [0, 0.05) is 30.1 Å². The molecular formula is C25H40O3. The first-order valence-corrected chi connectivity index (χ1v) is 12.0. The molecule has 5 aliphatic rings. The van der Waals surface area contributed by atoms with E-state index in [1.807, 2.05) is 0 Å². The summed E-state index contributed by atoms with van der Waals surface area (Å²) in [5.41, 5.74) is 0.603. The summed E-state index contributed by atoms with van der Waals surface area (Å²) >= 11 is 0. The fourth-order valence-corrected chi connectivity index (χ4v) is 8.48. The molecule has 158 valence electrons. The molecular weight excluding hydrogens is 348 g/mol. The van der Waals surface area contributed by atoms with Crippen molar-refractivity contribution in [2.75, 3.05) is 13.2 Å². The first-order valence-electron chi connectivity index (χ1n) is 12.0. The molecule has 1 spiro atoms. The maximum absolute atomic E-state index is 12.7. The van der Waals surface area contributed by atoms with Crippen molar-refractivity contribution in [3.05, 3.63) is 0 Å². The minimum atomic E-state index is -0.307. The van der Waals surface area contributed by atoms with E-state index in [9.17, 15) is 4.79 Å². The van der Waals surface area contributed by atoms with Gasteiger partial charge in [0.1, 0.15) is 5.78 Å². The van der Waals surface area contributed by atoms with Crippen LogP contribution in [0.4, 0.5) is 0 Å². The zero-order valence-corrected chi connectivity index (χ0v) is 18.5. The molecule has 1 heterocycles. The molecule has 4 aliphatic carbocycles. The Morgan fingerprint density at radius 1 is 0.929 bits per heavy atom. The molecule has 0 bridgehead atoms. The summed E-state index contributed by atoms with van der Waals surface area (Å²) in [6.07, 6.45) is 11.8. The molecule has 3 nitrogen and oxygen atoms in total. The molecule has 0 radical (unpaired) electrons. The van der Waals surface area contributed by atoms with Crippen LogP contribution in [0, 0.1) is 39.9 Å². The van der Waals surface area contributed by atoms with E-state index in [4.69, 9.17) is 9.47 Å². The third kappa shape index (κ3) is 2.64. The minimum absolute atomic E-state index is 0.000000945. The van der Waals surface area contributed by atoms with Crippen LogP contribution in [-0.2, 0) is 14.3 Å². The van der Waals surface area contributed by atoms with Gasteiger partial charge in [-0.15, -0.1) is 0 Å². The normalized spacial score (nSPS) is 49.4. The van der Waals surface area contributed by atoms with E-state index in [0.29, 0.717) is 17.1 Å². The number of ketones is 1. The average molecular weight is 389 g/mol. The van der Waals surface area contributed by atoms with Crippen LogP contribution < -0.4 is 0 Å². The van der Waals surface area contributed by atoms with Gasteiger partial charge in [-0.25, -0.2) is 0 Å². The number of carbonyl (C=O) groups is 1. The second-order valence-electron chi connectivity index (χ2n) is 12.0. The van der Waals surface area contributed by atoms with E-state index >= 15 is 0 Å². The summed E-state index contributed by atoms with van der Waals surface area (Å²) in [6, 6.07) is 0. The van der Waals surface area contributed by atoms with E-state index in [2.05, 4.69) is 27.7 Å². The number of ether oxygens (including phenoxy) is 2. The Labute approximate surface area is 171 Å². The molecule has 28 heavy (non-hydrogen) atoms. The zero-order chi connectivity index (χ0) is 19.8. The predicted molar refractivity (Wildman–Crippen MR) is 110 cm³/mol. The van der Waals surface area contributed by atoms with Crippen LogP contribution in [0.5, 0.6) is 0 Å². The molecule has 1 aliphatic heterocycles. The number of Topliss-reactive ketones (excluding diaryl/α,β-unsaturated/α-hetero) is 1. The molecule has 0 amide bonds. The lowest BCUT2D eigenvalue weighted by Crippen LogP contribution is -2.59. The smallest absolute Gasteiger partial charge is 0.168 e. The quantitative estimate of drug-likeness (QED) is 0.573. The maximum Gasteiger partial charge on any atom is 0.168 e. The third-order valence-corrected chi connectivity index (χ3v) is 10.2. The topological polar surface area (TPSA) is 35.5 Å². The van der Waals surface area contributed by atoms with E-state index < -0.39 is 0 Å². The van der Waals surface area contributed by atoms with Crippen molar-refractivity contribution in [3.8, 4) is 0 Å². The van der Waals surface area contributed by atoms with Crippen LogP contribution in [0.1, 0.15) is 91.9 Å². The molecule has 0 unspecified atom stereocenters. The Bertz CT molecular complexity index is 644. The largest absolute Gasteiger partial charge is 0.349 e. The molecule has 0 N–H and O–H groups in total. The molecule has 0 aromatic heterocycles. The number of hydrogen-bond acceptors (Lipinski definition) is 3. The van der Waals surface area contributed by atoms with E-state index in [0.717, 1.165) is 63.1 Å². The summed E-state index contributed by atoms with van der Waals surface area (Å²) < 4.78 is 12.9. The van der Waals surface area contributed by atoms with E-state index in [-0.39, 0.29) is 16.6 Å². The van der Waals surface area contributed by atoms with Gasteiger partial charge in [-0.2, -0.15) is 0 Å². The molecule has 4 saturated carbocycles. The van der Waals surface area contributed by atoms with Crippen molar-refractivity contribution in [1.82, 2.24) is 0 Å². The zero-order valence-electron chi connectivity index (χ0n) is 18.5. The van der Waals surface area contributed by atoms with E-state index in [1.54, 1.807) is 0 Å². The molecule has 5 fully saturated rings. The number of fused-ring (bicyclic) bond motifs is 5. The lowest BCUT2D eigenvalue weighted by molar-refractivity contribution is -0.331. The molecule has 3 heteroatoms. The lowest BCUT2D eigenvalue weighted by atomic mass is 9.43. The monoisotopic (exact) mass is 388 g/mol. The Morgan fingerprint density at radius 2 is 1.68 bits per heavy atom. The SMILES string of the molecule is CC[C@]12CCC3(C[C@H]1CC[C@@H]1[C@@H]2CC[C@]2(C)C(=O)CC[C@@H]12)OCC(C)(C)CO3. The van der Waals surface area contributed by atoms with Crippen LogP contribution in [0.15, 0.2) is 0 Å². The van der Waals surface area contributed by atoms with Gasteiger partial charge in [-0.05, 0) is 74.0 Å². The van der Waals surface area contributed by atoms with Gasteiger partial charge in [0.05, 0.1) is 13.2 Å². The summed E-state index contributed by atoms with van der Waals surface area (Å²) in [5.74, 6) is 3.24. The minimum Gasteiger partial charge on any atom is -0.349 e. The van der Waals surface area contributed by atoms with Crippen LogP contribution in [0.3, 0.4) is 0 Å². The second-order valence-corrected chi connectivity index (χ2v) is 12.0. The number of rotatable bonds is 1. The van der Waals surface area contributed by atoms with Crippen molar-refractivity contribution in [1.29, 1.82) is 0 Å². The highest BCUT2D eigenvalue weighted by Gasteiger charge is 2.63. The summed E-state index contributed by atoms with van der Waals surface area (Å²) in [6.45, 7) is 10.9. The third-order valence-electron chi connectivity index (χ3n) is 10.2. The summed E-state index contributed by atoms with van der Waals surface area (Å²) in [4.78, 5) is 12.7. The van der Waals surface area contributed by atoms with Crippen molar-refractivity contribution in [3.63, 3.8) is 0 Å². The van der Waals surface area contributed by atoms with Gasteiger partial charge < -0.3 is 9.47 Å². The maximum atomic E-state index is 12.7. The van der Waals surface area contributed by atoms with Crippen molar-refractivity contribution in [2.45, 2.75) is 97.7 Å². The fraction of sp³-hybridized carbons (Fsp3) is 0.960. The standard InChI is InChI=1S/C25H40O3/c1-5-24-12-13-25(27-15-22(2,3)16-28-25)14-17(24)6-7-18-19-8-9-21(26)23(19,4)11-10-20(18)24/h17-20H,5-16H2,1-4H3/t17-,18+,19+,20+,23+,24+/m1/s1. The van der Waals surface area contributed by atoms with Gasteiger partial charge in [-0.3, -0.25) is 4.79 Å². The average Bonchev–Trinajstić information content (AvgIpc) is 2.99. The summed E-state index contributed by atoms with van der Waals surface area (Å²) in [5, 5.41) is 0. The highest BCUT2D eigenvalue weighted by molar-refractivity contribution is 5.87. The Balaban J connectivity index is 1.39. The first-order chi connectivity index (χ1) is 13.2. The summed E-state index contributed by atoms with van der Waals surface area (Å²) in [7, 11) is 0. The van der Waals surface area contributed by atoms with Crippen LogP contribution in [0.2, 0.25) is 0 Å². The van der Waals surface area contributed by atoms with Gasteiger partial charge >= 0.3 is 0 Å². The first kappa shape index (κ1) is 19.5. The lowest BCUT2D eigenvalue weighted by Gasteiger charge is -2.63. The highest BCUT2D eigenvalue weighted by atomic mass is 16.7. The van der Waals surface area contributed by atoms with E-state index in [1.165, 1.54) is 32.1 Å². The van der Waals surface area contributed by atoms with Gasteiger partial charge in [-0.1, -0.05) is 27.7 Å². The Kier molecular flexibility index (Phi) is 4.40. The molecule has 6 atom stereocenters. The second kappa shape index (κ2) is 6.30. The van der Waals surface area contributed by atoms with Crippen molar-refractivity contribution >= 4 is 5.78 Å². The molecule has 5 rings (SSSR count). The molecule has 1 saturated heterocycles. The van der Waals surface area contributed by atoms with Gasteiger partial charge in [0.15, 0.2) is 5.79 Å². The Hall–Kier alpha value is -0.410. The predicted octanol–water partition coefficient (Wildman–Crippen LogP) is 5.76. The van der Waals surface area contributed by atoms with Crippen LogP contribution >= 0.6 is 0 Å². The fourth-order valence-electron chi connectivity index (χ4n) is 8.48. The number of hydrogen-bond donors (Lipinski definition) is 0. The van der Waals surface area contributed by atoms with Gasteiger partial charge in [0.2, 0.25) is 0 Å². The highest BCUT2D eigenvalue weighted by Crippen LogP contribution is 2.67. The van der Waals surface area contributed by atoms with Crippen molar-refractivity contribution in [2.24, 2.45) is 39.9 Å². The van der Waals surface area contributed by atoms with Crippen molar-refractivity contribution < 1.29 is 14.3 Å².